The largest absolute Gasteiger partial charge is 0.460 e. The molecule has 0 aliphatic heterocycles. The highest BCUT2D eigenvalue weighted by Gasteiger charge is 2.09. The number of carbonyl (C=O) groups is 3. The molecule has 6 heteroatoms. The molecule has 0 bridgehead atoms. The monoisotopic (exact) mass is 202 g/mol. The van der Waals surface area contributed by atoms with Gasteiger partial charge in [-0.3, -0.25) is 4.79 Å². The van der Waals surface area contributed by atoms with Gasteiger partial charge in [0.05, 0.1) is 0 Å². The van der Waals surface area contributed by atoms with Crippen LogP contribution in [0.3, 0.4) is 0 Å². The van der Waals surface area contributed by atoms with Crippen LogP contribution < -0.4 is 0 Å². The van der Waals surface area contributed by atoms with Crippen molar-refractivity contribution in [1.29, 1.82) is 0 Å². The number of aldehydes is 1. The van der Waals surface area contributed by atoms with E-state index in [4.69, 9.17) is 5.11 Å². The van der Waals surface area contributed by atoms with E-state index in [1.165, 1.54) is 0 Å². The van der Waals surface area contributed by atoms with Crippen molar-refractivity contribution in [2.24, 2.45) is 0 Å². The van der Waals surface area contributed by atoms with Gasteiger partial charge in [0, 0.05) is 6.08 Å². The molecule has 0 aromatic rings. The summed E-state index contributed by atoms with van der Waals surface area (Å²) in [7, 11) is 0. The van der Waals surface area contributed by atoms with E-state index in [9.17, 15) is 14.4 Å². The van der Waals surface area contributed by atoms with Gasteiger partial charge < -0.3 is 14.6 Å². The smallest absolute Gasteiger partial charge is 0.371 e. The van der Waals surface area contributed by atoms with E-state index < -0.39 is 24.6 Å². The Morgan fingerprint density at radius 1 is 1.29 bits per heavy atom. The third-order valence-electron chi connectivity index (χ3n) is 1.10. The van der Waals surface area contributed by atoms with Gasteiger partial charge in [-0.05, 0) is 0 Å². The van der Waals surface area contributed by atoms with Gasteiger partial charge in [-0.15, -0.1) is 0 Å². The first-order valence-electron chi connectivity index (χ1n) is 3.69. The molecule has 14 heavy (non-hydrogen) atoms. The molecule has 0 spiro atoms. The van der Waals surface area contributed by atoms with Crippen molar-refractivity contribution >= 4 is 18.2 Å². The first kappa shape index (κ1) is 12.3. The summed E-state index contributed by atoms with van der Waals surface area (Å²) in [5.74, 6) is -1.77. The fourth-order valence-corrected chi connectivity index (χ4v) is 0.498. The molecule has 0 amide bonds. The van der Waals surface area contributed by atoms with Gasteiger partial charge >= 0.3 is 11.9 Å². The number of hydrogen-bond donors (Lipinski definition) is 1. The van der Waals surface area contributed by atoms with Crippen LogP contribution in [0.2, 0.25) is 0 Å². The molecule has 1 N–H and O–H groups in total. The molecule has 0 aromatic carbocycles. The lowest BCUT2D eigenvalue weighted by Crippen LogP contribution is -2.25. The van der Waals surface area contributed by atoms with Crippen molar-refractivity contribution in [2.75, 3.05) is 13.2 Å². The fraction of sp³-hybridized carbons (Fsp3) is 0.375. The zero-order chi connectivity index (χ0) is 11.0. The first-order valence-corrected chi connectivity index (χ1v) is 3.69. The molecular weight excluding hydrogens is 192 g/mol. The number of hydrogen-bond acceptors (Lipinski definition) is 6. The van der Waals surface area contributed by atoms with Crippen LogP contribution in [-0.4, -0.2) is 42.6 Å². The summed E-state index contributed by atoms with van der Waals surface area (Å²) in [4.78, 5) is 30.6. The molecular formula is C8H10O6. The van der Waals surface area contributed by atoms with E-state index in [-0.39, 0.29) is 12.9 Å². The highest BCUT2D eigenvalue weighted by molar-refractivity contribution is 6.20. The number of aliphatic hydroxyl groups excluding tert-OH is 1. The Morgan fingerprint density at radius 2 is 1.79 bits per heavy atom. The minimum Gasteiger partial charge on any atom is -0.460 e. The van der Waals surface area contributed by atoms with Crippen molar-refractivity contribution in [3.63, 3.8) is 0 Å². The molecule has 1 atom stereocenters. The van der Waals surface area contributed by atoms with Crippen LogP contribution >= 0.6 is 0 Å². The number of esters is 2. The lowest BCUT2D eigenvalue weighted by molar-refractivity contribution is -0.153. The van der Waals surface area contributed by atoms with Gasteiger partial charge in [-0.1, -0.05) is 6.58 Å². The Morgan fingerprint density at radius 3 is 2.21 bits per heavy atom. The average Bonchev–Trinajstić information content (AvgIpc) is 2.22. The van der Waals surface area contributed by atoms with Crippen molar-refractivity contribution in [2.45, 2.75) is 6.10 Å². The third-order valence-corrected chi connectivity index (χ3v) is 1.10. The lowest BCUT2D eigenvalue weighted by atomic mass is 10.4. The van der Waals surface area contributed by atoms with Gasteiger partial charge in [-0.25, -0.2) is 9.59 Å². The first-order chi connectivity index (χ1) is 6.60. The molecule has 0 aromatic heterocycles. The second-order valence-electron chi connectivity index (χ2n) is 2.24. The molecule has 0 saturated carbocycles. The minimum absolute atomic E-state index is 0.0253. The van der Waals surface area contributed by atoms with Gasteiger partial charge in [0.25, 0.3) is 0 Å². The SMILES string of the molecule is C=CC(=O)OCC(O)COC(=O)C=O. The van der Waals surface area contributed by atoms with Crippen LogP contribution in [0, 0.1) is 0 Å². The van der Waals surface area contributed by atoms with Gasteiger partial charge in [0.1, 0.15) is 19.3 Å². The van der Waals surface area contributed by atoms with Crippen LogP contribution in [0.15, 0.2) is 12.7 Å². The predicted molar refractivity (Wildman–Crippen MR) is 44.2 cm³/mol. The second kappa shape index (κ2) is 6.79. The quantitative estimate of drug-likeness (QED) is 0.252. The Kier molecular flexibility index (Phi) is 5.97. The Labute approximate surface area is 80.1 Å². The molecule has 0 fully saturated rings. The minimum atomic E-state index is -1.15. The summed E-state index contributed by atoms with van der Waals surface area (Å²) < 4.78 is 8.68. The number of aliphatic hydroxyl groups is 1. The molecule has 0 saturated heterocycles. The van der Waals surface area contributed by atoms with Gasteiger partial charge in [0.2, 0.25) is 6.29 Å². The van der Waals surface area contributed by atoms with Crippen LogP contribution in [0.1, 0.15) is 0 Å². The zero-order valence-electron chi connectivity index (χ0n) is 7.34. The molecule has 0 rings (SSSR count). The Bertz CT molecular complexity index is 210. The van der Waals surface area contributed by atoms with Crippen LogP contribution in [-0.2, 0) is 23.9 Å². The Hall–Kier alpha value is -1.69. The summed E-state index contributed by atoms with van der Waals surface area (Å²) in [5, 5.41) is 9.03. The molecule has 0 aliphatic rings. The number of ether oxygens (including phenoxy) is 2. The molecule has 1 unspecified atom stereocenters. The van der Waals surface area contributed by atoms with E-state index in [0.29, 0.717) is 0 Å². The second-order valence-corrected chi connectivity index (χ2v) is 2.24. The standard InChI is InChI=1S/C8H10O6/c1-2-7(11)13-4-6(10)5-14-8(12)3-9/h2-3,6,10H,1,4-5H2. The topological polar surface area (TPSA) is 89.9 Å². The van der Waals surface area contributed by atoms with Gasteiger partial charge in [-0.2, -0.15) is 0 Å². The van der Waals surface area contributed by atoms with Crippen LogP contribution in [0.25, 0.3) is 0 Å². The maximum absolute atomic E-state index is 10.5. The van der Waals surface area contributed by atoms with Crippen molar-refractivity contribution in [3.8, 4) is 0 Å². The van der Waals surface area contributed by atoms with Crippen LogP contribution in [0.5, 0.6) is 0 Å². The third kappa shape index (κ3) is 5.90. The number of rotatable bonds is 6. The number of carbonyl (C=O) groups excluding carboxylic acids is 3. The molecule has 0 radical (unpaired) electrons. The molecule has 0 aliphatic carbocycles. The van der Waals surface area contributed by atoms with Gasteiger partial charge in [0.15, 0.2) is 0 Å². The van der Waals surface area contributed by atoms with Crippen molar-refractivity contribution in [1.82, 2.24) is 0 Å². The van der Waals surface area contributed by atoms with E-state index in [0.717, 1.165) is 6.08 Å². The maximum atomic E-state index is 10.5. The zero-order valence-corrected chi connectivity index (χ0v) is 7.34. The average molecular weight is 202 g/mol. The maximum Gasteiger partial charge on any atom is 0.371 e. The molecule has 6 nitrogen and oxygen atoms in total. The van der Waals surface area contributed by atoms with E-state index in [1.54, 1.807) is 0 Å². The highest BCUT2D eigenvalue weighted by atomic mass is 16.6. The van der Waals surface area contributed by atoms with Crippen molar-refractivity contribution in [3.05, 3.63) is 12.7 Å². The normalized spacial score (nSPS) is 11.2. The highest BCUT2D eigenvalue weighted by Crippen LogP contribution is 1.89. The Balaban J connectivity index is 3.60. The summed E-state index contributed by atoms with van der Waals surface area (Å²) in [6.07, 6.45) is -0.241. The summed E-state index contributed by atoms with van der Waals surface area (Å²) in [6.45, 7) is 2.41. The fourth-order valence-electron chi connectivity index (χ4n) is 0.498. The van der Waals surface area contributed by atoms with Crippen LogP contribution in [0.4, 0.5) is 0 Å². The van der Waals surface area contributed by atoms with E-state index in [1.807, 2.05) is 0 Å². The molecule has 0 heterocycles. The summed E-state index contributed by atoms with van der Waals surface area (Å²) in [5.41, 5.74) is 0. The van der Waals surface area contributed by atoms with E-state index >= 15 is 0 Å². The summed E-state index contributed by atoms with van der Waals surface area (Å²) in [6, 6.07) is 0. The van der Waals surface area contributed by atoms with E-state index in [2.05, 4.69) is 16.1 Å². The lowest BCUT2D eigenvalue weighted by Gasteiger charge is -2.09. The summed E-state index contributed by atoms with van der Waals surface area (Å²) >= 11 is 0. The van der Waals surface area contributed by atoms with Crippen molar-refractivity contribution < 1.29 is 29.0 Å². The predicted octanol–water partition coefficient (Wildman–Crippen LogP) is -1.18. The molecule has 78 valence electrons.